The maximum atomic E-state index is 12.9. The van der Waals surface area contributed by atoms with E-state index in [0.717, 1.165) is 23.1 Å². The summed E-state index contributed by atoms with van der Waals surface area (Å²) in [7, 11) is -0.0349. The molecule has 174 valence electrons. The zero-order valence-corrected chi connectivity index (χ0v) is 20.3. The molecule has 0 bridgehead atoms. The van der Waals surface area contributed by atoms with Crippen LogP contribution in [0.5, 0.6) is 11.5 Å². The van der Waals surface area contributed by atoms with Crippen LogP contribution in [0, 0.1) is 0 Å². The first-order valence-electron chi connectivity index (χ1n) is 10.4. The lowest BCUT2D eigenvalue weighted by Crippen LogP contribution is -2.40. The van der Waals surface area contributed by atoms with Crippen LogP contribution in [-0.2, 0) is 21.1 Å². The van der Waals surface area contributed by atoms with Gasteiger partial charge < -0.3 is 14.8 Å². The van der Waals surface area contributed by atoms with E-state index >= 15 is 0 Å². The number of sulfone groups is 1. The number of methoxy groups -OCH3 is 2. The molecule has 1 aliphatic heterocycles. The first kappa shape index (κ1) is 23.3. The molecule has 0 spiro atoms. The SMILES string of the molecule is COc1cc2c(cc1OC)[C@H](c1cccs1)N(CC(=O)Nc1ccc(S(C)(=O)=O)cc1)CC2. The quantitative estimate of drug-likeness (QED) is 0.548. The van der Waals surface area contributed by atoms with Crippen LogP contribution < -0.4 is 14.8 Å². The summed E-state index contributed by atoms with van der Waals surface area (Å²) in [5, 5.41) is 4.92. The van der Waals surface area contributed by atoms with Gasteiger partial charge in [0.2, 0.25) is 5.91 Å². The van der Waals surface area contributed by atoms with Gasteiger partial charge in [-0.05, 0) is 65.4 Å². The minimum Gasteiger partial charge on any atom is -0.493 e. The largest absolute Gasteiger partial charge is 0.493 e. The Balaban J connectivity index is 1.58. The fourth-order valence-electron chi connectivity index (χ4n) is 4.12. The number of carbonyl (C=O) groups excluding carboxylic acids is 1. The molecule has 2 heterocycles. The van der Waals surface area contributed by atoms with Gasteiger partial charge in [0.1, 0.15) is 0 Å². The van der Waals surface area contributed by atoms with Gasteiger partial charge in [-0.3, -0.25) is 9.69 Å². The highest BCUT2D eigenvalue weighted by molar-refractivity contribution is 7.90. The highest BCUT2D eigenvalue weighted by Crippen LogP contribution is 2.42. The number of fused-ring (bicyclic) bond motifs is 1. The number of amides is 1. The Bertz CT molecular complexity index is 1240. The number of benzene rings is 2. The lowest BCUT2D eigenvalue weighted by atomic mass is 9.91. The number of nitrogens with one attached hydrogen (secondary N) is 1. The molecule has 0 fully saturated rings. The number of thiophene rings is 1. The van der Waals surface area contributed by atoms with E-state index in [2.05, 4.69) is 16.3 Å². The van der Waals surface area contributed by atoms with Crippen LogP contribution in [-0.4, -0.2) is 52.8 Å². The molecule has 33 heavy (non-hydrogen) atoms. The zero-order valence-electron chi connectivity index (χ0n) is 18.7. The van der Waals surface area contributed by atoms with Crippen molar-refractivity contribution in [2.45, 2.75) is 17.4 Å². The van der Waals surface area contributed by atoms with Crippen molar-refractivity contribution in [3.05, 3.63) is 69.9 Å². The van der Waals surface area contributed by atoms with Crippen molar-refractivity contribution in [1.82, 2.24) is 4.90 Å². The summed E-state index contributed by atoms with van der Waals surface area (Å²) < 4.78 is 34.3. The third-order valence-corrected chi connectivity index (χ3v) is 7.75. The predicted molar refractivity (Wildman–Crippen MR) is 129 cm³/mol. The highest BCUT2D eigenvalue weighted by Gasteiger charge is 2.32. The van der Waals surface area contributed by atoms with Crippen LogP contribution in [0.1, 0.15) is 22.0 Å². The van der Waals surface area contributed by atoms with Gasteiger partial charge in [-0.15, -0.1) is 11.3 Å². The maximum Gasteiger partial charge on any atom is 0.238 e. The average Bonchev–Trinajstić information content (AvgIpc) is 3.32. The molecule has 1 aliphatic rings. The lowest BCUT2D eigenvalue weighted by Gasteiger charge is -2.37. The van der Waals surface area contributed by atoms with Gasteiger partial charge >= 0.3 is 0 Å². The van der Waals surface area contributed by atoms with Crippen molar-refractivity contribution >= 4 is 32.8 Å². The van der Waals surface area contributed by atoms with Gasteiger partial charge in [0.05, 0.1) is 31.7 Å². The molecule has 1 N–H and O–H groups in total. The molecular formula is C24H26N2O5S2. The van der Waals surface area contributed by atoms with Crippen molar-refractivity contribution in [2.75, 3.05) is 38.9 Å². The average molecular weight is 487 g/mol. The summed E-state index contributed by atoms with van der Waals surface area (Å²) in [6.45, 7) is 0.912. The summed E-state index contributed by atoms with van der Waals surface area (Å²) >= 11 is 1.65. The Morgan fingerprint density at radius 3 is 2.42 bits per heavy atom. The van der Waals surface area contributed by atoms with Gasteiger partial charge in [-0.2, -0.15) is 0 Å². The molecule has 4 rings (SSSR count). The molecule has 7 nitrogen and oxygen atoms in total. The monoisotopic (exact) mass is 486 g/mol. The van der Waals surface area contributed by atoms with Gasteiger partial charge in [-0.25, -0.2) is 8.42 Å². The van der Waals surface area contributed by atoms with Crippen LogP contribution >= 0.6 is 11.3 Å². The lowest BCUT2D eigenvalue weighted by molar-refractivity contribution is -0.117. The predicted octanol–water partition coefficient (Wildman–Crippen LogP) is 3.76. The van der Waals surface area contributed by atoms with Crippen LogP contribution in [0.25, 0.3) is 0 Å². The first-order valence-corrected chi connectivity index (χ1v) is 13.2. The normalized spacial score (nSPS) is 16.2. The summed E-state index contributed by atoms with van der Waals surface area (Å²) in [5.41, 5.74) is 2.84. The Morgan fingerprint density at radius 1 is 1.12 bits per heavy atom. The molecule has 3 aromatic rings. The molecule has 2 aromatic carbocycles. The molecule has 0 saturated carbocycles. The molecule has 0 saturated heterocycles. The van der Waals surface area contributed by atoms with Gasteiger partial charge in [0.15, 0.2) is 21.3 Å². The second-order valence-corrected chi connectivity index (χ2v) is 10.9. The van der Waals surface area contributed by atoms with E-state index in [1.807, 2.05) is 23.6 Å². The summed E-state index contributed by atoms with van der Waals surface area (Å²) in [6.07, 6.45) is 1.94. The molecule has 1 aromatic heterocycles. The van der Waals surface area contributed by atoms with Crippen molar-refractivity contribution in [3.63, 3.8) is 0 Å². The highest BCUT2D eigenvalue weighted by atomic mass is 32.2. The van der Waals surface area contributed by atoms with Crippen molar-refractivity contribution in [2.24, 2.45) is 0 Å². The number of hydrogen-bond acceptors (Lipinski definition) is 7. The second-order valence-electron chi connectivity index (χ2n) is 7.89. The van der Waals surface area contributed by atoms with Gasteiger partial charge in [0.25, 0.3) is 0 Å². The topological polar surface area (TPSA) is 84.9 Å². The standard InChI is InChI=1S/C24H26N2O5S2/c1-30-20-13-16-10-11-26(24(22-5-4-12-32-22)19(16)14-21(20)31-2)15-23(27)25-17-6-8-18(9-7-17)33(3,28)29/h4-9,12-14,24H,10-11,15H2,1-3H3,(H,25,27)/t24-/m1/s1. The van der Waals surface area contributed by atoms with E-state index in [1.165, 1.54) is 17.7 Å². The third kappa shape index (κ3) is 5.05. The van der Waals surface area contributed by atoms with Crippen LogP contribution in [0.15, 0.2) is 58.8 Å². The number of rotatable bonds is 7. The van der Waals surface area contributed by atoms with Crippen LogP contribution in [0.4, 0.5) is 5.69 Å². The Morgan fingerprint density at radius 2 is 1.82 bits per heavy atom. The molecule has 9 heteroatoms. The van der Waals surface area contributed by atoms with E-state index < -0.39 is 9.84 Å². The Labute approximate surface area is 197 Å². The third-order valence-electron chi connectivity index (χ3n) is 5.70. The summed E-state index contributed by atoms with van der Waals surface area (Å²) in [5.74, 6) is 1.20. The minimum absolute atomic E-state index is 0.0769. The fourth-order valence-corrected chi connectivity index (χ4v) is 5.63. The number of hydrogen-bond donors (Lipinski definition) is 1. The van der Waals surface area contributed by atoms with Crippen molar-refractivity contribution in [1.29, 1.82) is 0 Å². The van der Waals surface area contributed by atoms with Gasteiger partial charge in [0, 0.05) is 23.4 Å². The fraction of sp³-hybridized carbons (Fsp3) is 0.292. The zero-order chi connectivity index (χ0) is 23.6. The number of ether oxygens (including phenoxy) is 2. The van der Waals surface area contributed by atoms with E-state index in [9.17, 15) is 13.2 Å². The van der Waals surface area contributed by atoms with E-state index in [4.69, 9.17) is 9.47 Å². The smallest absolute Gasteiger partial charge is 0.238 e. The van der Waals surface area contributed by atoms with E-state index in [-0.39, 0.29) is 23.4 Å². The minimum atomic E-state index is -3.28. The number of nitrogens with zero attached hydrogens (tertiary/aromatic N) is 1. The first-order chi connectivity index (χ1) is 15.8. The van der Waals surface area contributed by atoms with Crippen molar-refractivity contribution < 1.29 is 22.7 Å². The summed E-state index contributed by atoms with van der Waals surface area (Å²) in [6, 6.07) is 14.2. The Hall–Kier alpha value is -2.88. The van der Waals surface area contributed by atoms with E-state index in [1.54, 1.807) is 37.7 Å². The summed E-state index contributed by atoms with van der Waals surface area (Å²) in [4.78, 5) is 16.4. The molecule has 0 aliphatic carbocycles. The molecule has 0 radical (unpaired) electrons. The molecular weight excluding hydrogens is 460 g/mol. The van der Waals surface area contributed by atoms with Crippen molar-refractivity contribution in [3.8, 4) is 11.5 Å². The Kier molecular flexibility index (Phi) is 6.73. The molecule has 1 amide bonds. The maximum absolute atomic E-state index is 12.9. The second kappa shape index (κ2) is 9.54. The van der Waals surface area contributed by atoms with Crippen LogP contribution in [0.3, 0.4) is 0 Å². The van der Waals surface area contributed by atoms with Gasteiger partial charge in [-0.1, -0.05) is 6.07 Å². The number of anilines is 1. The van der Waals surface area contributed by atoms with E-state index in [0.29, 0.717) is 23.7 Å². The number of carbonyl (C=O) groups is 1. The van der Waals surface area contributed by atoms with Crippen LogP contribution in [0.2, 0.25) is 0 Å². The molecule has 0 unspecified atom stereocenters. The molecule has 1 atom stereocenters.